The number of aldehydes is 1. The van der Waals surface area contributed by atoms with Crippen LogP contribution < -0.4 is 0 Å². The molecule has 1 aliphatic rings. The molecule has 0 aromatic rings. The van der Waals surface area contributed by atoms with Gasteiger partial charge in [-0.3, -0.25) is 9.69 Å². The largest absolute Gasteiger partial charge is 0.482 e. The van der Waals surface area contributed by atoms with E-state index in [4.69, 9.17) is 16.3 Å². The lowest BCUT2D eigenvalue weighted by Gasteiger charge is -2.31. The highest BCUT2D eigenvalue weighted by Gasteiger charge is 2.26. The third-order valence-corrected chi connectivity index (χ3v) is 7.11. The summed E-state index contributed by atoms with van der Waals surface area (Å²) in [7, 11) is 1.95. The Morgan fingerprint density at radius 3 is 2.31 bits per heavy atom. The molecular formula is C41H69NO3. The van der Waals surface area contributed by atoms with Gasteiger partial charge >= 0.3 is 0 Å². The second-order valence-electron chi connectivity index (χ2n) is 11.0. The molecule has 0 radical (unpaired) electrons. The van der Waals surface area contributed by atoms with Gasteiger partial charge in [0.15, 0.2) is 0 Å². The minimum atomic E-state index is 0.272. The molecule has 256 valence electrons. The highest BCUT2D eigenvalue weighted by Crippen LogP contribution is 2.40. The molecule has 1 aliphatic carbocycles. The van der Waals surface area contributed by atoms with Gasteiger partial charge in [0, 0.05) is 18.8 Å². The summed E-state index contributed by atoms with van der Waals surface area (Å²) >= 11 is 0. The Morgan fingerprint density at radius 2 is 1.78 bits per heavy atom. The zero-order valence-electron chi connectivity index (χ0n) is 31.3. The van der Waals surface area contributed by atoms with Crippen LogP contribution in [-0.2, 0) is 9.53 Å². The first kappa shape index (κ1) is 46.5. The molecule has 0 bridgehead atoms. The third kappa shape index (κ3) is 21.4. The number of carbonyl (C=O) groups excluding carboxylic acids is 1. The number of aliphatic hydroxyl groups is 1. The van der Waals surface area contributed by atoms with Gasteiger partial charge in [-0.1, -0.05) is 129 Å². The first-order valence-electron chi connectivity index (χ1n) is 17.6. The lowest BCUT2D eigenvalue weighted by molar-refractivity contribution is -0.104. The number of hydrogen-bond acceptors (Lipinski definition) is 4. The van der Waals surface area contributed by atoms with Gasteiger partial charge in [0.05, 0.1) is 6.54 Å². The maximum Gasteiger partial charge on any atom is 0.142 e. The number of ether oxygens (including phenoxy) is 1. The Kier molecular flexibility index (Phi) is 33.5. The summed E-state index contributed by atoms with van der Waals surface area (Å²) in [4.78, 5) is 13.4. The Bertz CT molecular complexity index is 1010. The molecule has 0 aromatic carbocycles. The van der Waals surface area contributed by atoms with Crippen LogP contribution in [0.1, 0.15) is 134 Å². The van der Waals surface area contributed by atoms with Crippen LogP contribution in [0.25, 0.3) is 0 Å². The van der Waals surface area contributed by atoms with Crippen LogP contribution in [0.2, 0.25) is 0 Å². The van der Waals surface area contributed by atoms with Crippen molar-refractivity contribution >= 4 is 6.29 Å². The Labute approximate surface area is 280 Å². The molecule has 0 heterocycles. The normalized spacial score (nSPS) is 14.1. The second-order valence-corrected chi connectivity index (χ2v) is 11.0. The van der Waals surface area contributed by atoms with Gasteiger partial charge in [0.1, 0.15) is 24.9 Å². The summed E-state index contributed by atoms with van der Waals surface area (Å²) in [6, 6.07) is 0. The van der Waals surface area contributed by atoms with Crippen molar-refractivity contribution in [3.05, 3.63) is 58.4 Å². The summed E-state index contributed by atoms with van der Waals surface area (Å²) in [5.41, 5.74) is 5.45. The molecule has 0 saturated carbocycles. The molecule has 0 aliphatic heterocycles. The maximum atomic E-state index is 11.4. The fraction of sp³-hybridized carbons (Fsp3) is 0.634. The lowest BCUT2D eigenvalue weighted by atomic mass is 9.73. The van der Waals surface area contributed by atoms with Gasteiger partial charge in [0.25, 0.3) is 0 Å². The molecule has 2 unspecified atom stereocenters. The monoisotopic (exact) mass is 624 g/mol. The van der Waals surface area contributed by atoms with Crippen molar-refractivity contribution in [2.24, 2.45) is 17.8 Å². The topological polar surface area (TPSA) is 49.8 Å². The number of terminal acetylenes is 1. The van der Waals surface area contributed by atoms with E-state index in [1.807, 2.05) is 59.6 Å². The first-order valence-corrected chi connectivity index (χ1v) is 17.6. The van der Waals surface area contributed by atoms with Crippen LogP contribution in [0.5, 0.6) is 0 Å². The van der Waals surface area contributed by atoms with Crippen molar-refractivity contribution in [1.82, 2.24) is 4.90 Å². The summed E-state index contributed by atoms with van der Waals surface area (Å²) < 4.78 is 6.06. The Morgan fingerprint density at radius 1 is 1.11 bits per heavy atom. The van der Waals surface area contributed by atoms with E-state index in [-0.39, 0.29) is 5.92 Å². The summed E-state index contributed by atoms with van der Waals surface area (Å²) in [5.74, 6) is 7.54. The van der Waals surface area contributed by atoms with E-state index in [0.717, 1.165) is 63.4 Å². The smallest absolute Gasteiger partial charge is 0.142 e. The predicted octanol–water partition coefficient (Wildman–Crippen LogP) is 11.2. The first-order chi connectivity index (χ1) is 21.8. The third-order valence-electron chi connectivity index (χ3n) is 7.11. The average molecular weight is 624 g/mol. The van der Waals surface area contributed by atoms with Crippen LogP contribution in [0.15, 0.2) is 58.4 Å². The van der Waals surface area contributed by atoms with Crippen LogP contribution in [-0.4, -0.2) is 36.6 Å². The number of carbonyl (C=O) groups is 1. The van der Waals surface area contributed by atoms with Crippen molar-refractivity contribution in [3.63, 3.8) is 0 Å². The number of aliphatic hydroxyl groups excluding tert-OH is 1. The molecule has 2 atom stereocenters. The fourth-order valence-corrected chi connectivity index (χ4v) is 5.27. The molecule has 1 N–H and O–H groups in total. The molecule has 1 rings (SSSR count). The maximum absolute atomic E-state index is 11.4. The zero-order chi connectivity index (χ0) is 35.0. The Hall–Kier alpha value is -2.95. The molecule has 0 saturated heterocycles. The molecular weight excluding hydrogens is 554 g/mol. The SMILES string of the molecule is C#CCN(C)COC1=CC=C(C(CC(C)C)/C(=C(\CC)C/C(=C\C=O)CCC)C(C)CCCC#CO)C=CC1.CC.CC.CC. The van der Waals surface area contributed by atoms with Crippen molar-refractivity contribution < 1.29 is 14.6 Å². The number of nitrogens with zero attached hydrogens (tertiary/aromatic N) is 1. The molecule has 0 spiro atoms. The van der Waals surface area contributed by atoms with E-state index >= 15 is 0 Å². The summed E-state index contributed by atoms with van der Waals surface area (Å²) in [5, 5.41) is 8.92. The standard InChI is InChI=1S/C35H51NO3.3C2H6/c1-8-15-30(21-24-38)26-31(10-3)35(29(6)16-12-11-13-23-37)34(25-28(4)5)32-17-14-18-33(20-19-32)39-27-36(7)22-9-2;3*1-2/h2,14,17,19-21,24,28-29,34,37H,8,10-12,15-16,18,22,25-27H2,1,3-7H3;3*1-2H3/b30-21-,35-31+;;;. The average Bonchev–Trinajstić information content (AvgIpc) is 3.30. The zero-order valence-corrected chi connectivity index (χ0v) is 31.3. The van der Waals surface area contributed by atoms with Gasteiger partial charge in [-0.15, -0.1) is 6.42 Å². The highest BCUT2D eigenvalue weighted by molar-refractivity contribution is 5.66. The summed E-state index contributed by atoms with van der Waals surface area (Å²) in [6.45, 7) is 24.3. The van der Waals surface area contributed by atoms with Crippen LogP contribution in [0.3, 0.4) is 0 Å². The predicted molar refractivity (Wildman–Crippen MR) is 198 cm³/mol. The van der Waals surface area contributed by atoms with Crippen LogP contribution in [0, 0.1) is 42.1 Å². The van der Waals surface area contributed by atoms with Gasteiger partial charge in [0.2, 0.25) is 0 Å². The number of allylic oxidation sites excluding steroid dienone is 9. The molecule has 4 heteroatoms. The molecule has 0 fully saturated rings. The number of rotatable bonds is 18. The second kappa shape index (κ2) is 32.4. The van der Waals surface area contributed by atoms with Gasteiger partial charge in [-0.25, -0.2) is 0 Å². The van der Waals surface area contributed by atoms with Crippen molar-refractivity contribution in [2.75, 3.05) is 20.3 Å². The molecule has 4 nitrogen and oxygen atoms in total. The quantitative estimate of drug-likeness (QED) is 0.0412. The number of unbranched alkanes of at least 4 members (excludes halogenated alkanes) is 1. The number of hydrogen-bond donors (Lipinski definition) is 1. The van der Waals surface area contributed by atoms with E-state index in [1.54, 1.807) is 6.08 Å². The van der Waals surface area contributed by atoms with Gasteiger partial charge in [-0.2, -0.15) is 0 Å². The minimum absolute atomic E-state index is 0.272. The molecule has 0 amide bonds. The van der Waals surface area contributed by atoms with E-state index in [9.17, 15) is 4.79 Å². The van der Waals surface area contributed by atoms with Crippen LogP contribution in [0.4, 0.5) is 0 Å². The highest BCUT2D eigenvalue weighted by atomic mass is 16.5. The van der Waals surface area contributed by atoms with Crippen molar-refractivity contribution in [3.8, 4) is 24.4 Å². The lowest BCUT2D eigenvalue weighted by Crippen LogP contribution is -2.21. The van der Waals surface area contributed by atoms with E-state index in [1.165, 1.54) is 22.3 Å². The molecule has 0 aromatic heterocycles. The van der Waals surface area contributed by atoms with E-state index in [0.29, 0.717) is 31.5 Å². The van der Waals surface area contributed by atoms with Crippen LogP contribution >= 0.6 is 0 Å². The van der Waals surface area contributed by atoms with E-state index in [2.05, 4.69) is 70.8 Å². The van der Waals surface area contributed by atoms with Gasteiger partial charge < -0.3 is 9.84 Å². The Balaban J connectivity index is -0.00000276. The van der Waals surface area contributed by atoms with Gasteiger partial charge in [-0.05, 0) is 75.1 Å². The van der Waals surface area contributed by atoms with Crippen molar-refractivity contribution in [1.29, 1.82) is 0 Å². The molecule has 45 heavy (non-hydrogen) atoms. The minimum Gasteiger partial charge on any atom is -0.482 e. The fourth-order valence-electron chi connectivity index (χ4n) is 5.27. The summed E-state index contributed by atoms with van der Waals surface area (Å²) in [6.07, 6.45) is 27.2. The van der Waals surface area contributed by atoms with Crippen molar-refractivity contribution in [2.45, 2.75) is 134 Å². The van der Waals surface area contributed by atoms with E-state index < -0.39 is 0 Å².